The molecular weight excluding hydrogens is 292 g/mol. The lowest BCUT2D eigenvalue weighted by molar-refractivity contribution is 0.0955. The number of pyridine rings is 1. The van der Waals surface area contributed by atoms with Crippen molar-refractivity contribution in [3.8, 4) is 17.0 Å². The van der Waals surface area contributed by atoms with Gasteiger partial charge in [-0.25, -0.2) is 0 Å². The first kappa shape index (κ1) is 13.5. The fourth-order valence-electron chi connectivity index (χ4n) is 2.85. The number of ether oxygens (including phenoxy) is 1. The van der Waals surface area contributed by atoms with Crippen LogP contribution in [0.1, 0.15) is 27.7 Å². The van der Waals surface area contributed by atoms with Crippen molar-refractivity contribution in [3.05, 3.63) is 65.6 Å². The van der Waals surface area contributed by atoms with E-state index in [0.29, 0.717) is 5.69 Å². The van der Waals surface area contributed by atoms with Crippen LogP contribution < -0.4 is 10.1 Å². The van der Waals surface area contributed by atoms with Gasteiger partial charge in [0.1, 0.15) is 11.4 Å². The summed E-state index contributed by atoms with van der Waals surface area (Å²) in [5.74, 6) is 0.625. The Morgan fingerprint density at radius 2 is 2.00 bits per heavy atom. The van der Waals surface area contributed by atoms with Crippen molar-refractivity contribution >= 4 is 5.91 Å². The predicted octanol–water partition coefficient (Wildman–Crippen LogP) is 2.31. The number of H-pyrrole nitrogens is 1. The van der Waals surface area contributed by atoms with Crippen LogP contribution in [-0.4, -0.2) is 28.2 Å². The first-order valence-corrected chi connectivity index (χ1v) is 7.21. The van der Waals surface area contributed by atoms with Gasteiger partial charge in [-0.2, -0.15) is 5.10 Å². The van der Waals surface area contributed by atoms with Crippen LogP contribution in [0.3, 0.4) is 0 Å². The molecular formula is C17H14N4O2. The number of aromatic nitrogens is 3. The van der Waals surface area contributed by atoms with Gasteiger partial charge in [0.2, 0.25) is 0 Å². The first-order chi connectivity index (χ1) is 11.3. The molecule has 0 saturated carbocycles. The Balaban J connectivity index is 1.82. The highest BCUT2D eigenvalue weighted by atomic mass is 16.5. The number of hydrogen-bond donors (Lipinski definition) is 2. The summed E-state index contributed by atoms with van der Waals surface area (Å²) < 4.78 is 5.18. The Labute approximate surface area is 132 Å². The second-order valence-corrected chi connectivity index (χ2v) is 5.28. The quantitative estimate of drug-likeness (QED) is 0.778. The minimum absolute atomic E-state index is 0.152. The Morgan fingerprint density at radius 1 is 1.17 bits per heavy atom. The molecule has 1 amide bonds. The Bertz CT molecular complexity index is 856. The van der Waals surface area contributed by atoms with Crippen molar-refractivity contribution in [2.45, 2.75) is 6.04 Å². The van der Waals surface area contributed by atoms with Gasteiger partial charge >= 0.3 is 0 Å². The number of rotatable bonds is 3. The van der Waals surface area contributed by atoms with E-state index < -0.39 is 0 Å². The third-order valence-electron chi connectivity index (χ3n) is 3.98. The van der Waals surface area contributed by atoms with Gasteiger partial charge in [-0.3, -0.25) is 14.9 Å². The molecule has 0 bridgehead atoms. The SMILES string of the molecule is COc1ccc(-c2n[nH]c3c2[C@@H](c2cccnc2)NC3=O)cc1. The van der Waals surface area contributed by atoms with Crippen LogP contribution in [0, 0.1) is 0 Å². The molecule has 0 unspecified atom stereocenters. The highest BCUT2D eigenvalue weighted by molar-refractivity contribution is 6.00. The predicted molar refractivity (Wildman–Crippen MR) is 84.1 cm³/mol. The molecule has 4 rings (SSSR count). The molecule has 3 aromatic rings. The van der Waals surface area contributed by atoms with Gasteiger partial charge in [-0.05, 0) is 35.9 Å². The molecule has 0 aliphatic carbocycles. The van der Waals surface area contributed by atoms with Crippen LogP contribution in [0.2, 0.25) is 0 Å². The van der Waals surface area contributed by atoms with Gasteiger partial charge in [-0.1, -0.05) is 6.07 Å². The minimum atomic E-state index is -0.248. The summed E-state index contributed by atoms with van der Waals surface area (Å²) >= 11 is 0. The van der Waals surface area contributed by atoms with Gasteiger partial charge in [0.15, 0.2) is 0 Å². The second-order valence-electron chi connectivity index (χ2n) is 5.28. The Morgan fingerprint density at radius 3 is 2.70 bits per heavy atom. The lowest BCUT2D eigenvalue weighted by atomic mass is 9.98. The van der Waals surface area contributed by atoms with Gasteiger partial charge < -0.3 is 10.1 Å². The van der Waals surface area contributed by atoms with E-state index in [-0.39, 0.29) is 11.9 Å². The van der Waals surface area contributed by atoms with E-state index >= 15 is 0 Å². The van der Waals surface area contributed by atoms with Gasteiger partial charge in [-0.15, -0.1) is 0 Å². The van der Waals surface area contributed by atoms with Crippen LogP contribution in [0.5, 0.6) is 5.75 Å². The van der Waals surface area contributed by atoms with Crippen LogP contribution in [0.4, 0.5) is 0 Å². The summed E-state index contributed by atoms with van der Waals surface area (Å²) in [6.07, 6.45) is 3.46. The van der Waals surface area contributed by atoms with Gasteiger partial charge in [0.05, 0.1) is 18.8 Å². The average molecular weight is 306 g/mol. The summed E-state index contributed by atoms with van der Waals surface area (Å²) in [5.41, 5.74) is 3.97. The average Bonchev–Trinajstić information content (AvgIpc) is 3.17. The fourth-order valence-corrected chi connectivity index (χ4v) is 2.85. The number of nitrogens with zero attached hydrogens (tertiary/aromatic N) is 2. The number of amides is 1. The summed E-state index contributed by atoms with van der Waals surface area (Å²) in [7, 11) is 1.63. The minimum Gasteiger partial charge on any atom is -0.497 e. The van der Waals surface area contributed by atoms with Crippen molar-refractivity contribution in [3.63, 3.8) is 0 Å². The first-order valence-electron chi connectivity index (χ1n) is 7.21. The molecule has 2 N–H and O–H groups in total. The van der Waals surface area contributed by atoms with E-state index in [9.17, 15) is 4.79 Å². The number of fused-ring (bicyclic) bond motifs is 1. The molecule has 0 fully saturated rings. The zero-order chi connectivity index (χ0) is 15.8. The van der Waals surface area contributed by atoms with Crippen molar-refractivity contribution in [1.29, 1.82) is 0 Å². The standard InChI is InChI=1S/C17H14N4O2/c1-23-12-6-4-10(5-7-12)15-13-14(11-3-2-8-18-9-11)19-17(22)16(13)21-20-15/h2-9,14H,1H3,(H,19,22)(H,20,21)/t14-/m1/s1. The fraction of sp³-hybridized carbons (Fsp3) is 0.118. The molecule has 0 spiro atoms. The summed E-state index contributed by atoms with van der Waals surface area (Å²) in [5, 5.41) is 10.2. The summed E-state index contributed by atoms with van der Waals surface area (Å²) in [6.45, 7) is 0. The van der Waals surface area contributed by atoms with Crippen LogP contribution in [0.25, 0.3) is 11.3 Å². The lowest BCUT2D eigenvalue weighted by Crippen LogP contribution is -2.21. The number of carbonyl (C=O) groups is 1. The van der Waals surface area contributed by atoms with E-state index in [2.05, 4.69) is 20.5 Å². The number of hydrogen-bond acceptors (Lipinski definition) is 4. The lowest BCUT2D eigenvalue weighted by Gasteiger charge is -2.12. The van der Waals surface area contributed by atoms with Crippen molar-refractivity contribution in [2.75, 3.05) is 7.11 Å². The van der Waals surface area contributed by atoms with Gasteiger partial charge in [0.25, 0.3) is 5.91 Å². The number of benzene rings is 1. The largest absolute Gasteiger partial charge is 0.497 e. The molecule has 1 aliphatic rings. The number of aromatic amines is 1. The second kappa shape index (κ2) is 5.24. The molecule has 114 valence electrons. The van der Waals surface area contributed by atoms with Crippen LogP contribution in [-0.2, 0) is 0 Å². The van der Waals surface area contributed by atoms with Crippen molar-refractivity contribution in [1.82, 2.24) is 20.5 Å². The zero-order valence-corrected chi connectivity index (χ0v) is 12.4. The molecule has 23 heavy (non-hydrogen) atoms. The van der Waals surface area contributed by atoms with Crippen molar-refractivity contribution in [2.24, 2.45) is 0 Å². The number of methoxy groups -OCH3 is 1. The molecule has 1 atom stereocenters. The normalized spacial score (nSPS) is 16.0. The third kappa shape index (κ3) is 2.15. The monoisotopic (exact) mass is 306 g/mol. The number of carbonyl (C=O) groups excluding carboxylic acids is 1. The number of nitrogens with one attached hydrogen (secondary N) is 2. The Kier molecular flexibility index (Phi) is 3.08. The van der Waals surface area contributed by atoms with E-state index in [1.807, 2.05) is 36.4 Å². The maximum absolute atomic E-state index is 12.2. The zero-order valence-electron chi connectivity index (χ0n) is 12.4. The Hall–Kier alpha value is -3.15. The molecule has 6 heteroatoms. The summed E-state index contributed by atoms with van der Waals surface area (Å²) in [6, 6.07) is 11.2. The maximum atomic E-state index is 12.2. The third-order valence-corrected chi connectivity index (χ3v) is 3.98. The summed E-state index contributed by atoms with van der Waals surface area (Å²) in [4.78, 5) is 16.3. The van der Waals surface area contributed by atoms with E-state index in [1.54, 1.807) is 19.5 Å². The molecule has 2 aromatic heterocycles. The molecule has 6 nitrogen and oxygen atoms in total. The van der Waals surface area contributed by atoms with Crippen molar-refractivity contribution < 1.29 is 9.53 Å². The molecule has 1 aliphatic heterocycles. The molecule has 0 radical (unpaired) electrons. The van der Waals surface area contributed by atoms with E-state index in [0.717, 1.165) is 28.1 Å². The molecule has 0 saturated heterocycles. The van der Waals surface area contributed by atoms with Crippen LogP contribution in [0.15, 0.2) is 48.8 Å². The maximum Gasteiger partial charge on any atom is 0.270 e. The molecule has 3 heterocycles. The van der Waals surface area contributed by atoms with E-state index in [4.69, 9.17) is 4.74 Å². The molecule has 1 aromatic carbocycles. The topological polar surface area (TPSA) is 79.9 Å². The highest BCUT2D eigenvalue weighted by Gasteiger charge is 2.35. The van der Waals surface area contributed by atoms with Crippen LogP contribution >= 0.6 is 0 Å². The van der Waals surface area contributed by atoms with E-state index in [1.165, 1.54) is 0 Å². The smallest absolute Gasteiger partial charge is 0.270 e. The van der Waals surface area contributed by atoms with Gasteiger partial charge in [0, 0.05) is 23.5 Å². The highest BCUT2D eigenvalue weighted by Crippen LogP contribution is 2.36.